The highest BCUT2D eigenvalue weighted by Crippen LogP contribution is 2.28. The van der Waals surface area contributed by atoms with Crippen molar-refractivity contribution in [3.63, 3.8) is 0 Å². The van der Waals surface area contributed by atoms with E-state index in [0.29, 0.717) is 12.1 Å². The Kier molecular flexibility index (Phi) is 2.60. The molecule has 0 unspecified atom stereocenters. The summed E-state index contributed by atoms with van der Waals surface area (Å²) in [6.07, 6.45) is 0. The Labute approximate surface area is 70.4 Å². The molecule has 0 amide bonds. The van der Waals surface area contributed by atoms with E-state index in [1.54, 1.807) is 0 Å². The molecule has 0 aliphatic carbocycles. The normalized spacial score (nSPS) is 10.5. The Morgan fingerprint density at radius 2 is 1.85 bits per heavy atom. The van der Waals surface area contributed by atoms with Crippen molar-refractivity contribution < 1.29 is 27.4 Å². The van der Waals surface area contributed by atoms with Gasteiger partial charge in [-0.15, -0.1) is 0 Å². The third-order valence-electron chi connectivity index (χ3n) is 1.25. The SMILES string of the molecule is Oc1c(F)ccc(OC(F)F)c1F. The Hall–Kier alpha value is -1.46. The van der Waals surface area contributed by atoms with Gasteiger partial charge in [0.2, 0.25) is 5.82 Å². The van der Waals surface area contributed by atoms with E-state index in [1.165, 1.54) is 0 Å². The molecule has 0 saturated carbocycles. The van der Waals surface area contributed by atoms with Crippen LogP contribution >= 0.6 is 0 Å². The highest BCUT2D eigenvalue weighted by molar-refractivity contribution is 5.35. The van der Waals surface area contributed by atoms with Crippen LogP contribution in [0.1, 0.15) is 0 Å². The fourth-order valence-electron chi connectivity index (χ4n) is 0.709. The van der Waals surface area contributed by atoms with Crippen molar-refractivity contribution in [2.24, 2.45) is 0 Å². The van der Waals surface area contributed by atoms with Crippen molar-refractivity contribution in [1.82, 2.24) is 0 Å². The van der Waals surface area contributed by atoms with Gasteiger partial charge in [0.25, 0.3) is 0 Å². The molecule has 1 N–H and O–H groups in total. The van der Waals surface area contributed by atoms with E-state index < -0.39 is 29.7 Å². The van der Waals surface area contributed by atoms with Crippen LogP contribution in [-0.2, 0) is 0 Å². The van der Waals surface area contributed by atoms with E-state index in [2.05, 4.69) is 4.74 Å². The lowest BCUT2D eigenvalue weighted by molar-refractivity contribution is -0.0524. The van der Waals surface area contributed by atoms with Gasteiger partial charge in [-0.1, -0.05) is 0 Å². The molecule has 0 radical (unpaired) electrons. The summed E-state index contributed by atoms with van der Waals surface area (Å²) in [4.78, 5) is 0. The number of ether oxygens (including phenoxy) is 1. The van der Waals surface area contributed by atoms with Crippen molar-refractivity contribution >= 4 is 0 Å². The maximum atomic E-state index is 12.7. The summed E-state index contributed by atoms with van der Waals surface area (Å²) in [6.45, 7) is -3.22. The molecule has 72 valence electrons. The van der Waals surface area contributed by atoms with Crippen molar-refractivity contribution in [2.75, 3.05) is 0 Å². The highest BCUT2D eigenvalue weighted by Gasteiger charge is 2.16. The summed E-state index contributed by atoms with van der Waals surface area (Å²) in [7, 11) is 0. The zero-order chi connectivity index (χ0) is 10.0. The van der Waals surface area contributed by atoms with Crippen LogP contribution in [-0.4, -0.2) is 11.7 Å². The molecule has 0 aliphatic heterocycles. The molecule has 6 heteroatoms. The van der Waals surface area contributed by atoms with Crippen LogP contribution in [0.15, 0.2) is 12.1 Å². The second-order valence-electron chi connectivity index (χ2n) is 2.09. The zero-order valence-corrected chi connectivity index (χ0v) is 6.10. The zero-order valence-electron chi connectivity index (χ0n) is 6.10. The lowest BCUT2D eigenvalue weighted by Crippen LogP contribution is -2.04. The van der Waals surface area contributed by atoms with Gasteiger partial charge in [0.1, 0.15) is 0 Å². The number of hydrogen-bond acceptors (Lipinski definition) is 2. The number of benzene rings is 1. The number of rotatable bonds is 2. The minimum atomic E-state index is -3.22. The second kappa shape index (κ2) is 3.51. The average Bonchev–Trinajstić information content (AvgIpc) is 2.06. The standard InChI is InChI=1S/C7H4F4O2/c8-3-1-2-4(13-7(10)11)5(9)6(3)12/h1-2,7,12H. The lowest BCUT2D eigenvalue weighted by atomic mass is 10.3. The number of phenols is 1. The molecular weight excluding hydrogens is 192 g/mol. The molecule has 0 aromatic heterocycles. The average molecular weight is 196 g/mol. The van der Waals surface area contributed by atoms with E-state index in [1.807, 2.05) is 0 Å². The van der Waals surface area contributed by atoms with Gasteiger partial charge in [0, 0.05) is 0 Å². The summed E-state index contributed by atoms with van der Waals surface area (Å²) in [5.74, 6) is -5.01. The number of aromatic hydroxyl groups is 1. The molecule has 0 heterocycles. The molecule has 0 spiro atoms. The maximum Gasteiger partial charge on any atom is 0.387 e. The van der Waals surface area contributed by atoms with Gasteiger partial charge < -0.3 is 9.84 Å². The molecule has 1 aromatic carbocycles. The third kappa shape index (κ3) is 2.01. The van der Waals surface area contributed by atoms with Crippen molar-refractivity contribution in [2.45, 2.75) is 6.61 Å². The Morgan fingerprint density at radius 1 is 1.23 bits per heavy atom. The highest BCUT2D eigenvalue weighted by atomic mass is 19.3. The molecule has 0 aliphatic rings. The van der Waals surface area contributed by atoms with E-state index in [-0.39, 0.29) is 0 Å². The van der Waals surface area contributed by atoms with Gasteiger partial charge in [0.15, 0.2) is 17.3 Å². The Morgan fingerprint density at radius 3 is 2.38 bits per heavy atom. The quantitative estimate of drug-likeness (QED) is 0.735. The Bertz CT molecular complexity index is 314. The maximum absolute atomic E-state index is 12.7. The molecule has 1 aromatic rings. The fourth-order valence-corrected chi connectivity index (χ4v) is 0.709. The molecule has 0 fully saturated rings. The van der Waals surface area contributed by atoms with Crippen molar-refractivity contribution in [1.29, 1.82) is 0 Å². The van der Waals surface area contributed by atoms with Crippen LogP contribution in [0.4, 0.5) is 17.6 Å². The van der Waals surface area contributed by atoms with Gasteiger partial charge in [-0.2, -0.15) is 13.2 Å². The summed E-state index contributed by atoms with van der Waals surface area (Å²) in [5.41, 5.74) is 0. The fraction of sp³-hybridized carbons (Fsp3) is 0.143. The minimum absolute atomic E-state index is 0.621. The van der Waals surface area contributed by atoms with E-state index >= 15 is 0 Å². The van der Waals surface area contributed by atoms with Crippen LogP contribution < -0.4 is 4.74 Å². The number of halogens is 4. The van der Waals surface area contributed by atoms with Crippen LogP contribution in [0.3, 0.4) is 0 Å². The molecule has 0 bridgehead atoms. The van der Waals surface area contributed by atoms with Gasteiger partial charge >= 0.3 is 6.61 Å². The summed E-state index contributed by atoms with van der Waals surface area (Å²) >= 11 is 0. The van der Waals surface area contributed by atoms with Crippen molar-refractivity contribution in [3.05, 3.63) is 23.8 Å². The molecule has 1 rings (SSSR count). The first-order valence-electron chi connectivity index (χ1n) is 3.14. The second-order valence-corrected chi connectivity index (χ2v) is 2.09. The number of hydrogen-bond donors (Lipinski definition) is 1. The van der Waals surface area contributed by atoms with E-state index in [4.69, 9.17) is 5.11 Å². The summed E-state index contributed by atoms with van der Waals surface area (Å²) in [6, 6.07) is 1.28. The molecule has 0 atom stereocenters. The molecule has 0 saturated heterocycles. The summed E-state index contributed by atoms with van der Waals surface area (Å²) in [5, 5.41) is 8.63. The van der Waals surface area contributed by atoms with E-state index in [9.17, 15) is 17.6 Å². The largest absolute Gasteiger partial charge is 0.503 e. The van der Waals surface area contributed by atoms with Gasteiger partial charge in [-0.05, 0) is 12.1 Å². The monoisotopic (exact) mass is 196 g/mol. The molecule has 13 heavy (non-hydrogen) atoms. The van der Waals surface area contributed by atoms with E-state index in [0.717, 1.165) is 0 Å². The first kappa shape index (κ1) is 9.63. The predicted molar refractivity (Wildman–Crippen MR) is 34.7 cm³/mol. The smallest absolute Gasteiger partial charge is 0.387 e. The summed E-state index contributed by atoms with van der Waals surface area (Å²) < 4.78 is 51.8. The van der Waals surface area contributed by atoms with Gasteiger partial charge in [-0.25, -0.2) is 4.39 Å². The first-order chi connectivity index (χ1) is 6.02. The van der Waals surface area contributed by atoms with Crippen molar-refractivity contribution in [3.8, 4) is 11.5 Å². The lowest BCUT2D eigenvalue weighted by Gasteiger charge is -2.06. The molecule has 2 nitrogen and oxygen atoms in total. The van der Waals surface area contributed by atoms with Crippen LogP contribution in [0.2, 0.25) is 0 Å². The van der Waals surface area contributed by atoms with Crippen LogP contribution in [0.5, 0.6) is 11.5 Å². The van der Waals surface area contributed by atoms with Gasteiger partial charge in [0.05, 0.1) is 0 Å². The third-order valence-corrected chi connectivity index (χ3v) is 1.25. The topological polar surface area (TPSA) is 29.5 Å². The molecular formula is C7H4F4O2. The first-order valence-corrected chi connectivity index (χ1v) is 3.14. The minimum Gasteiger partial charge on any atom is -0.503 e. The Balaban J connectivity index is 3.04. The van der Waals surface area contributed by atoms with Crippen LogP contribution in [0, 0.1) is 11.6 Å². The van der Waals surface area contributed by atoms with Gasteiger partial charge in [-0.3, -0.25) is 0 Å². The number of alkyl halides is 2. The number of phenolic OH excluding ortho intramolecular Hbond substituents is 1. The predicted octanol–water partition coefficient (Wildman–Crippen LogP) is 2.27. The van der Waals surface area contributed by atoms with Crippen LogP contribution in [0.25, 0.3) is 0 Å².